The molecule has 10 N–H and O–H groups in total. The molecule has 9 heteroatoms. The van der Waals surface area contributed by atoms with E-state index in [4.69, 9.17) is 22.6 Å². The summed E-state index contributed by atoms with van der Waals surface area (Å²) >= 11 is 0. The second-order valence-corrected chi connectivity index (χ2v) is 1.18. The molecule has 0 aliphatic heterocycles. The van der Waals surface area contributed by atoms with E-state index in [-0.39, 0.29) is 5.96 Å². The van der Waals surface area contributed by atoms with Crippen LogP contribution in [0.5, 0.6) is 0 Å². The van der Waals surface area contributed by atoms with Crippen LogP contribution in [0, 0.1) is 0 Å². The van der Waals surface area contributed by atoms with E-state index in [1.54, 1.807) is 5.59 Å². The molecule has 0 radical (unpaired) electrons. The summed E-state index contributed by atoms with van der Waals surface area (Å²) in [5.41, 5.74) is 10.8. The molecule has 0 bridgehead atoms. The van der Waals surface area contributed by atoms with E-state index in [2.05, 4.69) is 10.6 Å². The molecule has 0 aromatic heterocycles. The highest BCUT2D eigenvalue weighted by atomic mass is 16.5. The maximum absolute atomic E-state index is 8.26. The highest BCUT2D eigenvalue weighted by molar-refractivity contribution is 5.76. The summed E-state index contributed by atoms with van der Waals surface area (Å²) in [6.07, 6.45) is 0. The monoisotopic (exact) mass is 150 g/mol. The maximum Gasteiger partial charge on any atom is 0.245 e. The largest absolute Gasteiger partial charge is 0.366 e. The van der Waals surface area contributed by atoms with Crippen LogP contribution in [0.15, 0.2) is 5.10 Å². The molecule has 0 atom stereocenters. The van der Waals surface area contributed by atoms with Crippen molar-refractivity contribution in [1.82, 2.24) is 21.8 Å². The maximum atomic E-state index is 8.26. The molecular formula is CH10N8O. The molecule has 0 aliphatic carbocycles. The average Bonchev–Trinajstić information content (AvgIpc) is 1.99. The molecule has 0 aromatic rings. The third-order valence-electron chi connectivity index (χ3n) is 0.638. The number of rotatable bonds is 3. The Morgan fingerprint density at radius 3 is 2.50 bits per heavy atom. The Kier molecular flexibility index (Phi) is 4.19. The van der Waals surface area contributed by atoms with Crippen LogP contribution in [0.3, 0.4) is 0 Å². The fourth-order valence-corrected chi connectivity index (χ4v) is 0.256. The van der Waals surface area contributed by atoms with Crippen LogP contribution in [0.1, 0.15) is 0 Å². The van der Waals surface area contributed by atoms with Crippen molar-refractivity contribution in [3.05, 3.63) is 0 Å². The minimum absolute atomic E-state index is 0.194. The average molecular weight is 150 g/mol. The Morgan fingerprint density at radius 2 is 2.20 bits per heavy atom. The highest BCUT2D eigenvalue weighted by Gasteiger charge is 2.02. The molecule has 9 nitrogen and oxygen atoms in total. The zero-order chi connectivity index (χ0) is 7.98. The Balaban J connectivity index is 3.80. The predicted octanol–water partition coefficient (Wildman–Crippen LogP) is -3.75. The smallest absolute Gasteiger partial charge is 0.245 e. The van der Waals surface area contributed by atoms with E-state index in [9.17, 15) is 0 Å². The standard InChI is InChI=1S/CH10N8O/c2-1(5-3)9(8-10)7-6-4/h6-8,10H,3-4H2,(H2,2,5). The van der Waals surface area contributed by atoms with E-state index >= 15 is 0 Å². The van der Waals surface area contributed by atoms with Gasteiger partial charge in [-0.3, -0.25) is 11.0 Å². The van der Waals surface area contributed by atoms with E-state index in [0.29, 0.717) is 0 Å². The lowest BCUT2D eigenvalue weighted by atomic mass is 11.0. The third-order valence-corrected chi connectivity index (χ3v) is 0.638. The Hall–Kier alpha value is -1.13. The molecule has 0 unspecified atom stereocenters. The molecule has 60 valence electrons. The van der Waals surface area contributed by atoms with Crippen LogP contribution in [0.4, 0.5) is 0 Å². The molecule has 0 saturated heterocycles. The third kappa shape index (κ3) is 2.43. The summed E-state index contributed by atoms with van der Waals surface area (Å²) in [6, 6.07) is 0. The molecule has 0 aliphatic rings. The SMILES string of the molecule is NN=C(N)N(NO)NNN. The number of hydrogen-bond donors (Lipinski definition) is 7. The molecule has 0 rings (SSSR count). The second-order valence-electron chi connectivity index (χ2n) is 1.18. The van der Waals surface area contributed by atoms with Gasteiger partial charge in [-0.2, -0.15) is 10.7 Å². The first-order valence-electron chi connectivity index (χ1n) is 2.20. The molecule has 0 fully saturated rings. The quantitative estimate of drug-likeness (QED) is 0.0938. The van der Waals surface area contributed by atoms with Gasteiger partial charge in [0, 0.05) is 0 Å². The molecule has 0 heterocycles. The lowest BCUT2D eigenvalue weighted by Gasteiger charge is -2.18. The van der Waals surface area contributed by atoms with Gasteiger partial charge in [0.25, 0.3) is 0 Å². The van der Waals surface area contributed by atoms with Crippen LogP contribution >= 0.6 is 0 Å². The van der Waals surface area contributed by atoms with Gasteiger partial charge < -0.3 is 11.6 Å². The zero-order valence-corrected chi connectivity index (χ0v) is 5.07. The Bertz CT molecular complexity index is 110. The van der Waals surface area contributed by atoms with Gasteiger partial charge in [-0.05, 0) is 0 Å². The normalized spacial score (nSPS) is 11.6. The van der Waals surface area contributed by atoms with Crippen molar-refractivity contribution in [2.24, 2.45) is 22.5 Å². The van der Waals surface area contributed by atoms with Crippen LogP contribution in [-0.2, 0) is 0 Å². The number of nitrogens with zero attached hydrogens (tertiary/aromatic N) is 2. The van der Waals surface area contributed by atoms with Gasteiger partial charge in [-0.25, -0.2) is 0 Å². The molecule has 0 spiro atoms. The second kappa shape index (κ2) is 4.72. The van der Waals surface area contributed by atoms with Crippen molar-refractivity contribution >= 4 is 5.96 Å². The van der Waals surface area contributed by atoms with Gasteiger partial charge in [0.15, 0.2) is 0 Å². The fourth-order valence-electron chi connectivity index (χ4n) is 0.256. The van der Waals surface area contributed by atoms with Gasteiger partial charge in [-0.15, -0.1) is 10.6 Å². The molecule has 0 aromatic carbocycles. The number of hydrogen-bond acceptors (Lipinski definition) is 7. The van der Waals surface area contributed by atoms with Gasteiger partial charge in [0.2, 0.25) is 5.96 Å². The highest BCUT2D eigenvalue weighted by Crippen LogP contribution is 1.66. The van der Waals surface area contributed by atoms with E-state index in [1.165, 1.54) is 0 Å². The van der Waals surface area contributed by atoms with Crippen molar-refractivity contribution in [3.8, 4) is 0 Å². The summed E-state index contributed by atoms with van der Waals surface area (Å²) < 4.78 is 0. The van der Waals surface area contributed by atoms with E-state index in [0.717, 1.165) is 5.12 Å². The van der Waals surface area contributed by atoms with Gasteiger partial charge in [0.1, 0.15) is 0 Å². The van der Waals surface area contributed by atoms with E-state index in [1.807, 2.05) is 5.53 Å². The minimum Gasteiger partial charge on any atom is -0.366 e. The molecule has 10 heavy (non-hydrogen) atoms. The van der Waals surface area contributed by atoms with Crippen molar-refractivity contribution in [1.29, 1.82) is 0 Å². The summed E-state index contributed by atoms with van der Waals surface area (Å²) in [7, 11) is 0. The zero-order valence-electron chi connectivity index (χ0n) is 5.07. The lowest BCUT2D eigenvalue weighted by Crippen LogP contribution is -2.60. The molecule has 0 amide bonds. The van der Waals surface area contributed by atoms with Gasteiger partial charge in [0.05, 0.1) is 0 Å². The van der Waals surface area contributed by atoms with E-state index < -0.39 is 0 Å². The topological polar surface area (TPSA) is 150 Å². The summed E-state index contributed by atoms with van der Waals surface area (Å²) in [6.45, 7) is 0. The summed E-state index contributed by atoms with van der Waals surface area (Å²) in [5.74, 6) is 9.34. The number of hydrazine groups is 4. The van der Waals surface area contributed by atoms with Crippen molar-refractivity contribution in [2.45, 2.75) is 0 Å². The number of guanidine groups is 1. The molecule has 0 saturated carbocycles. The number of hydrazone groups is 1. The fraction of sp³-hybridized carbons (Fsp3) is 0. The summed E-state index contributed by atoms with van der Waals surface area (Å²) in [5, 5.41) is 12.0. The molecular weight excluding hydrogens is 140 g/mol. The first-order chi connectivity index (χ1) is 4.76. The van der Waals surface area contributed by atoms with Crippen molar-refractivity contribution in [2.75, 3.05) is 0 Å². The van der Waals surface area contributed by atoms with Crippen LogP contribution in [-0.4, -0.2) is 16.3 Å². The summed E-state index contributed by atoms with van der Waals surface area (Å²) in [4.78, 5) is 0. The first kappa shape index (κ1) is 8.87. The minimum atomic E-state index is -0.194. The number of nitrogens with one attached hydrogen (secondary N) is 3. The Labute approximate surface area is 56.7 Å². The van der Waals surface area contributed by atoms with Crippen LogP contribution < -0.4 is 34.1 Å². The Morgan fingerprint density at radius 1 is 1.60 bits per heavy atom. The van der Waals surface area contributed by atoms with Crippen molar-refractivity contribution < 1.29 is 5.21 Å². The van der Waals surface area contributed by atoms with Gasteiger partial charge in [-0.1, -0.05) is 5.59 Å². The van der Waals surface area contributed by atoms with Crippen LogP contribution in [0.2, 0.25) is 0 Å². The predicted molar refractivity (Wildman–Crippen MR) is 33.0 cm³/mol. The lowest BCUT2D eigenvalue weighted by molar-refractivity contribution is -0.0141. The van der Waals surface area contributed by atoms with Gasteiger partial charge >= 0.3 is 0 Å². The first-order valence-corrected chi connectivity index (χ1v) is 2.20. The number of nitrogens with two attached hydrogens (primary N) is 3. The van der Waals surface area contributed by atoms with Crippen molar-refractivity contribution in [3.63, 3.8) is 0 Å². The van der Waals surface area contributed by atoms with Crippen LogP contribution in [0.25, 0.3) is 0 Å².